The molecular weight excluding hydrogens is 222 g/mol. The van der Waals surface area contributed by atoms with Gasteiger partial charge in [0, 0.05) is 6.54 Å². The van der Waals surface area contributed by atoms with E-state index >= 15 is 0 Å². The first-order valence-corrected chi connectivity index (χ1v) is 6.23. The van der Waals surface area contributed by atoms with Gasteiger partial charge in [0.1, 0.15) is 10.8 Å². The number of nitrogens with zero attached hydrogens (tertiary/aromatic N) is 2. The number of anilines is 1. The summed E-state index contributed by atoms with van der Waals surface area (Å²) in [6.45, 7) is 9.52. The molecule has 1 rings (SSSR count). The van der Waals surface area contributed by atoms with Crippen LogP contribution < -0.4 is 5.73 Å². The van der Waals surface area contributed by atoms with Crippen LogP contribution in [0.15, 0.2) is 0 Å². The Bertz CT molecular complexity index is 350. The molecule has 0 atom stereocenters. The van der Waals surface area contributed by atoms with Crippen LogP contribution in [0.5, 0.6) is 0 Å². The Kier molecular flexibility index (Phi) is 4.25. The molecule has 0 aliphatic carbocycles. The van der Waals surface area contributed by atoms with E-state index < -0.39 is 0 Å². The normalized spacial score (nSPS) is 12.1. The predicted molar refractivity (Wildman–Crippen MR) is 69.7 cm³/mol. The molecule has 92 valence electrons. The Morgan fingerprint density at radius 2 is 2.00 bits per heavy atom. The first kappa shape index (κ1) is 13.4. The summed E-state index contributed by atoms with van der Waals surface area (Å²) in [6.07, 6.45) is 3.07. The van der Waals surface area contributed by atoms with E-state index in [4.69, 9.17) is 17.3 Å². The van der Waals surface area contributed by atoms with Crippen molar-refractivity contribution in [3.05, 3.63) is 10.7 Å². The third-order valence-corrected chi connectivity index (χ3v) is 2.83. The summed E-state index contributed by atoms with van der Waals surface area (Å²) in [6, 6.07) is 0. The summed E-state index contributed by atoms with van der Waals surface area (Å²) >= 11 is 6.19. The lowest BCUT2D eigenvalue weighted by Crippen LogP contribution is -2.10. The summed E-state index contributed by atoms with van der Waals surface area (Å²) in [5.74, 6) is 0.606. The van der Waals surface area contributed by atoms with Crippen molar-refractivity contribution in [1.29, 1.82) is 0 Å². The van der Waals surface area contributed by atoms with E-state index in [1.165, 1.54) is 0 Å². The molecule has 1 aromatic heterocycles. The van der Waals surface area contributed by atoms with Crippen LogP contribution >= 0.6 is 11.6 Å². The van der Waals surface area contributed by atoms with Crippen LogP contribution in [0.2, 0.25) is 5.02 Å². The lowest BCUT2D eigenvalue weighted by molar-refractivity contribution is 0.403. The van der Waals surface area contributed by atoms with E-state index in [9.17, 15) is 0 Å². The largest absolute Gasteiger partial charge is 0.383 e. The maximum absolute atomic E-state index is 6.19. The van der Waals surface area contributed by atoms with E-state index in [0.29, 0.717) is 10.8 Å². The molecule has 0 amide bonds. The van der Waals surface area contributed by atoms with Gasteiger partial charge in [-0.05, 0) is 18.3 Å². The number of hydrogen-bond donors (Lipinski definition) is 1. The van der Waals surface area contributed by atoms with Crippen molar-refractivity contribution < 1.29 is 0 Å². The highest BCUT2D eigenvalue weighted by molar-refractivity contribution is 6.33. The molecule has 0 fully saturated rings. The first-order valence-electron chi connectivity index (χ1n) is 5.86. The highest BCUT2D eigenvalue weighted by Crippen LogP contribution is 2.29. The molecule has 4 heteroatoms. The van der Waals surface area contributed by atoms with Gasteiger partial charge in [-0.15, -0.1) is 0 Å². The van der Waals surface area contributed by atoms with Crippen molar-refractivity contribution in [2.24, 2.45) is 5.41 Å². The summed E-state index contributed by atoms with van der Waals surface area (Å²) in [5, 5.41) is 5.12. The number of nitrogen functional groups attached to an aromatic ring is 1. The smallest absolute Gasteiger partial charge is 0.140 e. The van der Waals surface area contributed by atoms with Gasteiger partial charge in [-0.3, -0.25) is 0 Å². The van der Waals surface area contributed by atoms with Crippen molar-refractivity contribution >= 4 is 17.4 Å². The number of aryl methyl sites for hydroxylation is 1. The number of unbranched alkanes of at least 4 members (excludes halogenated alkanes) is 1. The second kappa shape index (κ2) is 5.09. The van der Waals surface area contributed by atoms with E-state index in [1.807, 2.05) is 4.68 Å². The van der Waals surface area contributed by atoms with Crippen molar-refractivity contribution in [2.45, 2.75) is 53.5 Å². The minimum absolute atomic E-state index is 0.181. The molecule has 3 nitrogen and oxygen atoms in total. The maximum atomic E-state index is 6.19. The van der Waals surface area contributed by atoms with Crippen LogP contribution in [0.1, 0.15) is 46.2 Å². The summed E-state index contributed by atoms with van der Waals surface area (Å²) in [5.41, 5.74) is 7.03. The number of nitrogens with two attached hydrogens (primary N) is 1. The predicted octanol–water partition coefficient (Wildman–Crippen LogP) is 3.51. The van der Waals surface area contributed by atoms with Gasteiger partial charge in [0.2, 0.25) is 0 Å². The third kappa shape index (κ3) is 3.41. The molecule has 0 aliphatic heterocycles. The Hall–Kier alpha value is -0.700. The van der Waals surface area contributed by atoms with Gasteiger partial charge in [-0.25, -0.2) is 4.68 Å². The molecule has 0 aromatic carbocycles. The molecule has 0 saturated carbocycles. The van der Waals surface area contributed by atoms with Crippen LogP contribution in [-0.2, 0) is 13.0 Å². The summed E-state index contributed by atoms with van der Waals surface area (Å²) < 4.78 is 1.83. The first-order chi connectivity index (χ1) is 7.35. The van der Waals surface area contributed by atoms with Crippen LogP contribution in [0.3, 0.4) is 0 Å². The fraction of sp³-hybridized carbons (Fsp3) is 0.750. The zero-order valence-electron chi connectivity index (χ0n) is 10.7. The molecule has 16 heavy (non-hydrogen) atoms. The quantitative estimate of drug-likeness (QED) is 0.880. The molecule has 0 radical (unpaired) electrons. The lowest BCUT2D eigenvalue weighted by Gasteiger charge is -2.16. The second-order valence-corrected chi connectivity index (χ2v) is 5.84. The van der Waals surface area contributed by atoms with Crippen molar-refractivity contribution in [3.8, 4) is 0 Å². The Morgan fingerprint density at radius 3 is 2.50 bits per heavy atom. The summed E-state index contributed by atoms with van der Waals surface area (Å²) in [4.78, 5) is 0. The molecule has 1 aromatic rings. The monoisotopic (exact) mass is 243 g/mol. The fourth-order valence-corrected chi connectivity index (χ4v) is 1.80. The van der Waals surface area contributed by atoms with Gasteiger partial charge in [-0.1, -0.05) is 45.7 Å². The Morgan fingerprint density at radius 1 is 1.38 bits per heavy atom. The Balaban J connectivity index is 2.87. The summed E-state index contributed by atoms with van der Waals surface area (Å²) in [7, 11) is 0. The zero-order chi connectivity index (χ0) is 12.3. The number of rotatable bonds is 4. The van der Waals surface area contributed by atoms with Crippen LogP contribution in [0, 0.1) is 5.41 Å². The Labute approximate surface area is 103 Å². The maximum Gasteiger partial charge on any atom is 0.140 e. The van der Waals surface area contributed by atoms with Crippen LogP contribution in [0.4, 0.5) is 5.82 Å². The molecule has 0 spiro atoms. The third-order valence-electron chi connectivity index (χ3n) is 2.42. The average Bonchev–Trinajstić information content (AvgIpc) is 2.41. The van der Waals surface area contributed by atoms with Crippen molar-refractivity contribution in [1.82, 2.24) is 9.78 Å². The SMILES string of the molecule is CCCCn1nc(CC(C)(C)C)c(Cl)c1N. The zero-order valence-corrected chi connectivity index (χ0v) is 11.4. The molecule has 2 N–H and O–H groups in total. The van der Waals surface area contributed by atoms with Gasteiger partial charge in [0.15, 0.2) is 0 Å². The molecular formula is C12H22ClN3. The van der Waals surface area contributed by atoms with Crippen molar-refractivity contribution in [3.63, 3.8) is 0 Å². The molecule has 0 bridgehead atoms. The van der Waals surface area contributed by atoms with Gasteiger partial charge >= 0.3 is 0 Å². The highest BCUT2D eigenvalue weighted by atomic mass is 35.5. The highest BCUT2D eigenvalue weighted by Gasteiger charge is 2.19. The van der Waals surface area contributed by atoms with Gasteiger partial charge in [0.05, 0.1) is 5.69 Å². The van der Waals surface area contributed by atoms with Gasteiger partial charge < -0.3 is 5.73 Å². The lowest BCUT2D eigenvalue weighted by atomic mass is 9.91. The van der Waals surface area contributed by atoms with E-state index in [-0.39, 0.29) is 5.41 Å². The number of halogens is 1. The van der Waals surface area contributed by atoms with Crippen LogP contribution in [0.25, 0.3) is 0 Å². The molecule has 0 aliphatic rings. The standard InChI is InChI=1S/C12H22ClN3/c1-5-6-7-16-11(14)10(13)9(15-16)8-12(2,3)4/h5-8,14H2,1-4H3. The average molecular weight is 244 g/mol. The van der Waals surface area contributed by atoms with E-state index in [0.717, 1.165) is 31.5 Å². The number of aromatic nitrogens is 2. The molecule has 1 heterocycles. The van der Waals surface area contributed by atoms with Gasteiger partial charge in [-0.2, -0.15) is 5.10 Å². The second-order valence-electron chi connectivity index (χ2n) is 5.46. The minimum atomic E-state index is 0.181. The number of hydrogen-bond acceptors (Lipinski definition) is 2. The van der Waals surface area contributed by atoms with E-state index in [2.05, 4.69) is 32.8 Å². The molecule has 0 unspecified atom stereocenters. The van der Waals surface area contributed by atoms with Crippen molar-refractivity contribution in [2.75, 3.05) is 5.73 Å². The topological polar surface area (TPSA) is 43.8 Å². The van der Waals surface area contributed by atoms with Gasteiger partial charge in [0.25, 0.3) is 0 Å². The minimum Gasteiger partial charge on any atom is -0.383 e. The fourth-order valence-electron chi connectivity index (χ4n) is 1.60. The molecule has 0 saturated heterocycles. The van der Waals surface area contributed by atoms with Crippen LogP contribution in [-0.4, -0.2) is 9.78 Å². The van der Waals surface area contributed by atoms with E-state index in [1.54, 1.807) is 0 Å².